The number of rotatable bonds is 6. The highest BCUT2D eigenvalue weighted by molar-refractivity contribution is 7.14. The molecule has 0 bridgehead atoms. The lowest BCUT2D eigenvalue weighted by atomic mass is 9.94. The van der Waals surface area contributed by atoms with E-state index in [0.29, 0.717) is 11.5 Å². The second-order valence-corrected chi connectivity index (χ2v) is 9.52. The Labute approximate surface area is 192 Å². The minimum atomic E-state index is -0.345. The third-order valence-corrected chi connectivity index (χ3v) is 7.79. The van der Waals surface area contributed by atoms with Crippen LogP contribution in [0.2, 0.25) is 0 Å². The van der Waals surface area contributed by atoms with Crippen molar-refractivity contribution in [3.8, 4) is 5.75 Å². The third-order valence-electron chi connectivity index (χ3n) is 6.50. The number of hydrogen-bond donors (Lipinski definition) is 1. The predicted octanol–water partition coefficient (Wildman–Crippen LogP) is 4.80. The molecule has 166 valence electrons. The van der Waals surface area contributed by atoms with Gasteiger partial charge in [0.25, 0.3) is 5.91 Å². The Morgan fingerprint density at radius 2 is 2.16 bits per heavy atom. The van der Waals surface area contributed by atoms with Gasteiger partial charge in [-0.3, -0.25) is 9.69 Å². The van der Waals surface area contributed by atoms with Gasteiger partial charge in [0.15, 0.2) is 0 Å². The fourth-order valence-corrected chi connectivity index (χ4v) is 5.90. The molecule has 32 heavy (non-hydrogen) atoms. The number of ether oxygens (including phenoxy) is 2. The van der Waals surface area contributed by atoms with Crippen LogP contribution < -0.4 is 10.5 Å². The zero-order valence-electron chi connectivity index (χ0n) is 18.3. The maximum Gasteiger partial charge on any atom is 0.258 e. The number of methoxy groups -OCH3 is 1. The number of amides is 1. The molecule has 1 amide bonds. The van der Waals surface area contributed by atoms with Gasteiger partial charge in [-0.1, -0.05) is 30.3 Å². The Kier molecular flexibility index (Phi) is 6.00. The summed E-state index contributed by atoms with van der Waals surface area (Å²) in [5.74, 6) is 0.547. The van der Waals surface area contributed by atoms with Crippen molar-refractivity contribution in [3.05, 3.63) is 69.4 Å². The number of benzene rings is 2. The predicted molar refractivity (Wildman–Crippen MR) is 129 cm³/mol. The number of carbonyl (C=O) groups excluding carboxylic acids is 1. The molecule has 2 N–H and O–H groups in total. The summed E-state index contributed by atoms with van der Waals surface area (Å²) in [4.78, 5) is 15.9. The molecule has 1 aromatic heterocycles. The van der Waals surface area contributed by atoms with Crippen molar-refractivity contribution in [1.29, 1.82) is 0 Å². The van der Waals surface area contributed by atoms with Gasteiger partial charge >= 0.3 is 0 Å². The van der Waals surface area contributed by atoms with Gasteiger partial charge in [-0.2, -0.15) is 0 Å². The van der Waals surface area contributed by atoms with Crippen LogP contribution in [0.15, 0.2) is 48.5 Å². The summed E-state index contributed by atoms with van der Waals surface area (Å²) in [6.07, 6.45) is 5.24. The largest absolute Gasteiger partial charge is 0.497 e. The summed E-state index contributed by atoms with van der Waals surface area (Å²) in [6, 6.07) is 14.7. The molecule has 5 rings (SSSR count). The van der Waals surface area contributed by atoms with Crippen LogP contribution in [0, 0.1) is 0 Å². The summed E-state index contributed by atoms with van der Waals surface area (Å²) in [7, 11) is 1.71. The van der Waals surface area contributed by atoms with Crippen LogP contribution in [-0.4, -0.2) is 44.2 Å². The van der Waals surface area contributed by atoms with Gasteiger partial charge in [0.2, 0.25) is 0 Å². The smallest absolute Gasteiger partial charge is 0.258 e. The summed E-state index contributed by atoms with van der Waals surface area (Å²) < 4.78 is 11.5. The van der Waals surface area contributed by atoms with E-state index < -0.39 is 0 Å². The minimum absolute atomic E-state index is 0.0627. The summed E-state index contributed by atoms with van der Waals surface area (Å²) >= 11 is 1.50. The van der Waals surface area contributed by atoms with E-state index in [1.165, 1.54) is 43.7 Å². The summed E-state index contributed by atoms with van der Waals surface area (Å²) in [6.45, 7) is 3.65. The average molecular weight is 449 g/mol. The van der Waals surface area contributed by atoms with Crippen molar-refractivity contribution in [2.75, 3.05) is 33.4 Å². The van der Waals surface area contributed by atoms with E-state index in [9.17, 15) is 4.79 Å². The molecule has 0 fully saturated rings. The van der Waals surface area contributed by atoms with Crippen molar-refractivity contribution in [1.82, 2.24) is 4.90 Å². The van der Waals surface area contributed by atoms with Crippen LogP contribution in [-0.2, 0) is 11.2 Å². The molecule has 2 aliphatic rings. The van der Waals surface area contributed by atoms with Crippen LogP contribution >= 0.6 is 11.3 Å². The lowest BCUT2D eigenvalue weighted by Gasteiger charge is -2.29. The molecule has 1 atom stereocenters. The fourth-order valence-electron chi connectivity index (χ4n) is 4.75. The van der Waals surface area contributed by atoms with Crippen LogP contribution in [0.1, 0.15) is 44.6 Å². The van der Waals surface area contributed by atoms with Gasteiger partial charge in [0.1, 0.15) is 5.75 Å². The normalized spacial score (nSPS) is 18.9. The second kappa shape index (κ2) is 9.06. The van der Waals surface area contributed by atoms with Crippen LogP contribution in [0.5, 0.6) is 5.75 Å². The maximum atomic E-state index is 11.6. The summed E-state index contributed by atoms with van der Waals surface area (Å²) in [5, 5.41) is 2.49. The Bertz CT molecular complexity index is 1180. The van der Waals surface area contributed by atoms with Crippen molar-refractivity contribution >= 4 is 33.6 Å². The maximum absolute atomic E-state index is 11.6. The topological polar surface area (TPSA) is 64.8 Å². The molecule has 3 aromatic rings. The first-order valence-electron chi connectivity index (χ1n) is 11.1. The molecule has 0 saturated carbocycles. The van der Waals surface area contributed by atoms with E-state index in [2.05, 4.69) is 41.3 Å². The van der Waals surface area contributed by atoms with Gasteiger partial charge in [-0.05, 0) is 64.9 Å². The highest BCUT2D eigenvalue weighted by atomic mass is 32.1. The number of nitrogens with two attached hydrogens (primary N) is 1. The zero-order valence-corrected chi connectivity index (χ0v) is 19.1. The van der Waals surface area contributed by atoms with E-state index in [-0.39, 0.29) is 12.0 Å². The monoisotopic (exact) mass is 448 g/mol. The molecule has 5 nitrogen and oxygen atoms in total. The molecule has 2 aromatic carbocycles. The molecule has 2 aliphatic heterocycles. The van der Waals surface area contributed by atoms with Gasteiger partial charge in [-0.25, -0.2) is 0 Å². The highest BCUT2D eigenvalue weighted by Gasteiger charge is 2.26. The SMILES string of the molecule is COc1ccc2cccc(C3=CCN(CCC4OCCc5cc(C(N)=O)sc54)CC3)c2c1. The first-order chi connectivity index (χ1) is 15.6. The first-order valence-corrected chi connectivity index (χ1v) is 12.0. The molecular weight excluding hydrogens is 420 g/mol. The van der Waals surface area contributed by atoms with Crippen LogP contribution in [0.3, 0.4) is 0 Å². The molecule has 0 spiro atoms. The van der Waals surface area contributed by atoms with E-state index in [0.717, 1.165) is 44.6 Å². The van der Waals surface area contributed by atoms with E-state index >= 15 is 0 Å². The Balaban J connectivity index is 1.26. The van der Waals surface area contributed by atoms with Crippen molar-refractivity contribution < 1.29 is 14.3 Å². The number of carbonyl (C=O) groups is 1. The fraction of sp³-hybridized carbons (Fsp3) is 0.346. The van der Waals surface area contributed by atoms with Crippen molar-refractivity contribution in [3.63, 3.8) is 0 Å². The number of thiophene rings is 1. The summed E-state index contributed by atoms with van der Waals surface area (Å²) in [5.41, 5.74) is 9.42. The lowest BCUT2D eigenvalue weighted by Crippen LogP contribution is -2.31. The minimum Gasteiger partial charge on any atom is -0.497 e. The Morgan fingerprint density at radius 3 is 2.94 bits per heavy atom. The van der Waals surface area contributed by atoms with Gasteiger partial charge in [0, 0.05) is 24.5 Å². The van der Waals surface area contributed by atoms with Gasteiger partial charge < -0.3 is 15.2 Å². The van der Waals surface area contributed by atoms with Crippen LogP contribution in [0.4, 0.5) is 0 Å². The average Bonchev–Trinajstić information content (AvgIpc) is 3.28. The van der Waals surface area contributed by atoms with Crippen molar-refractivity contribution in [2.24, 2.45) is 5.73 Å². The molecule has 3 heterocycles. The third kappa shape index (κ3) is 4.18. The van der Waals surface area contributed by atoms with E-state index in [1.54, 1.807) is 7.11 Å². The number of hydrogen-bond acceptors (Lipinski definition) is 5. The standard InChI is InChI=1S/C26H28N2O3S/c1-30-20-6-5-17-3-2-4-21(22(17)16-20)18-7-11-28(12-8-18)13-9-23-25-19(10-14-31-23)15-24(32-25)26(27)29/h2-7,15-16,23H,8-14H2,1H3,(H2,27,29). The first kappa shape index (κ1) is 21.2. The van der Waals surface area contributed by atoms with Crippen LogP contribution in [0.25, 0.3) is 16.3 Å². The number of fused-ring (bicyclic) bond motifs is 2. The van der Waals surface area contributed by atoms with E-state index in [4.69, 9.17) is 15.2 Å². The van der Waals surface area contributed by atoms with Gasteiger partial charge in [-0.15, -0.1) is 11.3 Å². The van der Waals surface area contributed by atoms with Gasteiger partial charge in [0.05, 0.1) is 24.7 Å². The Morgan fingerprint density at radius 1 is 1.25 bits per heavy atom. The quantitative estimate of drug-likeness (QED) is 0.588. The molecule has 1 unspecified atom stereocenters. The lowest BCUT2D eigenvalue weighted by molar-refractivity contribution is 0.0329. The van der Waals surface area contributed by atoms with E-state index in [1.807, 2.05) is 12.1 Å². The number of nitrogens with zero attached hydrogens (tertiary/aromatic N) is 1. The molecule has 0 aliphatic carbocycles. The number of primary amides is 1. The molecular formula is C26H28N2O3S. The molecule has 6 heteroatoms. The highest BCUT2D eigenvalue weighted by Crippen LogP contribution is 2.37. The molecule has 0 radical (unpaired) electrons. The van der Waals surface area contributed by atoms with Crippen molar-refractivity contribution in [2.45, 2.75) is 25.4 Å². The Hall–Kier alpha value is -2.67. The molecule has 0 saturated heterocycles. The zero-order chi connectivity index (χ0) is 22.1. The second-order valence-electron chi connectivity index (χ2n) is 8.44.